The highest BCUT2D eigenvalue weighted by Gasteiger charge is 2.02. The molecule has 0 rings (SSSR count). The van der Waals surface area contributed by atoms with Crippen LogP contribution in [-0.2, 0) is 0 Å². The third-order valence-corrected chi connectivity index (χ3v) is 8.10. The summed E-state index contributed by atoms with van der Waals surface area (Å²) in [7, 11) is 0. The maximum absolute atomic E-state index is 2.70. The van der Waals surface area contributed by atoms with Crippen molar-refractivity contribution in [3.05, 3.63) is 0 Å². The van der Waals surface area contributed by atoms with Crippen LogP contribution in [-0.4, -0.2) is 24.5 Å². The van der Waals surface area contributed by atoms with Gasteiger partial charge in [-0.15, -0.1) is 12.4 Å². The Morgan fingerprint density at radius 3 is 0.667 bits per heavy atom. The molecule has 0 aliphatic rings. The Bertz CT molecular complexity index is 359. The zero-order valence-corrected chi connectivity index (χ0v) is 26.6. The molecule has 0 aromatic carbocycles. The van der Waals surface area contributed by atoms with Crippen LogP contribution in [0.3, 0.4) is 0 Å². The van der Waals surface area contributed by atoms with Crippen LogP contribution < -0.4 is 0 Å². The predicted molar refractivity (Wildman–Crippen MR) is 170 cm³/mol. The number of hydrogen-bond acceptors (Lipinski definition) is 1. The molecule has 2 heteroatoms. The molecule has 0 radical (unpaired) electrons. The number of halogens is 1. The molecule has 0 aliphatic carbocycles. The zero-order valence-electron chi connectivity index (χ0n) is 25.8. The van der Waals surface area contributed by atoms with Gasteiger partial charge in [0.05, 0.1) is 0 Å². The Hall–Kier alpha value is 0.250. The number of hydrogen-bond donors (Lipinski definition) is 0. The van der Waals surface area contributed by atoms with Crippen LogP contribution in [0.5, 0.6) is 0 Å². The first-order valence-corrected chi connectivity index (χ1v) is 17.1. The molecule has 0 amide bonds. The van der Waals surface area contributed by atoms with Crippen molar-refractivity contribution in [2.24, 2.45) is 0 Å². The summed E-state index contributed by atoms with van der Waals surface area (Å²) in [6.07, 6.45) is 40.9. The van der Waals surface area contributed by atoms with E-state index in [0.717, 1.165) is 0 Å². The van der Waals surface area contributed by atoms with Crippen molar-refractivity contribution in [1.29, 1.82) is 0 Å². The van der Waals surface area contributed by atoms with Crippen molar-refractivity contribution in [3.63, 3.8) is 0 Å². The van der Waals surface area contributed by atoms with Crippen molar-refractivity contribution in [1.82, 2.24) is 4.90 Å². The molecule has 0 fully saturated rings. The number of nitrogens with zero attached hydrogens (tertiary/aromatic N) is 1. The highest BCUT2D eigenvalue weighted by atomic mass is 35.5. The summed E-state index contributed by atoms with van der Waals surface area (Å²) in [6.45, 7) is 10.9. The van der Waals surface area contributed by atoms with Crippen LogP contribution in [0, 0.1) is 0 Å². The molecule has 0 aromatic heterocycles. The lowest BCUT2D eigenvalue weighted by Gasteiger charge is -2.20. The molecule has 0 aliphatic heterocycles. The molecule has 0 unspecified atom stereocenters. The second-order valence-electron chi connectivity index (χ2n) is 11.6. The summed E-state index contributed by atoms with van der Waals surface area (Å²) in [6, 6.07) is 0. The summed E-state index contributed by atoms with van der Waals surface area (Å²) in [5.74, 6) is 0. The normalized spacial score (nSPS) is 11.3. The van der Waals surface area contributed by atoms with Gasteiger partial charge in [0.2, 0.25) is 0 Å². The van der Waals surface area contributed by atoms with Gasteiger partial charge < -0.3 is 4.90 Å². The second kappa shape index (κ2) is 35.2. The standard InChI is InChI=1S/C34H71N.ClH/c1-4-7-9-11-13-15-16-17-18-19-20-21-22-23-24-25-26-28-30-32-34-35(6-3)33-31-29-27-14-12-10-8-5-2;/h4-34H2,1-3H3;1H. The predicted octanol–water partition coefficient (Wildman–Crippen LogP) is 12.7. The molecule has 0 saturated heterocycles. The van der Waals surface area contributed by atoms with Crippen molar-refractivity contribution in [2.45, 2.75) is 201 Å². The molecular formula is C34H72ClN. The number of rotatable bonds is 31. The molecule has 1 nitrogen and oxygen atoms in total. The fraction of sp³-hybridized carbons (Fsp3) is 1.00. The average molecular weight is 530 g/mol. The van der Waals surface area contributed by atoms with E-state index in [-0.39, 0.29) is 12.4 Å². The van der Waals surface area contributed by atoms with Gasteiger partial charge in [0.15, 0.2) is 0 Å². The maximum Gasteiger partial charge on any atom is -0.00189 e. The first-order valence-electron chi connectivity index (χ1n) is 17.1. The van der Waals surface area contributed by atoms with Crippen LogP contribution in [0.15, 0.2) is 0 Å². The van der Waals surface area contributed by atoms with Crippen molar-refractivity contribution >= 4 is 12.4 Å². The Labute approximate surface area is 237 Å². The Morgan fingerprint density at radius 1 is 0.278 bits per heavy atom. The molecule has 220 valence electrons. The Balaban J connectivity index is 0. The fourth-order valence-electron chi connectivity index (χ4n) is 5.49. The SMILES string of the molecule is CCCCCCCCCCCCCCCCCCCCCCN(CC)CCCCCCCCCC.Cl. The third-order valence-electron chi connectivity index (χ3n) is 8.10. The minimum atomic E-state index is 0. The first-order chi connectivity index (χ1) is 17.3. The van der Waals surface area contributed by atoms with Gasteiger partial charge in [-0.2, -0.15) is 0 Å². The summed E-state index contributed by atoms with van der Waals surface area (Å²) in [4.78, 5) is 2.70. The maximum atomic E-state index is 2.70. The lowest BCUT2D eigenvalue weighted by molar-refractivity contribution is 0.273. The fourth-order valence-corrected chi connectivity index (χ4v) is 5.49. The summed E-state index contributed by atoms with van der Waals surface area (Å²) < 4.78 is 0. The van der Waals surface area contributed by atoms with Gasteiger partial charge in [-0.05, 0) is 32.5 Å². The molecule has 0 saturated carbocycles. The molecular weight excluding hydrogens is 458 g/mol. The summed E-state index contributed by atoms with van der Waals surface area (Å²) in [5, 5.41) is 0. The third kappa shape index (κ3) is 32.3. The average Bonchev–Trinajstić information content (AvgIpc) is 2.87. The van der Waals surface area contributed by atoms with E-state index < -0.39 is 0 Å². The zero-order chi connectivity index (χ0) is 25.5. The molecule has 0 aromatic rings. The van der Waals surface area contributed by atoms with Crippen molar-refractivity contribution < 1.29 is 0 Å². The lowest BCUT2D eigenvalue weighted by Crippen LogP contribution is -2.25. The van der Waals surface area contributed by atoms with Gasteiger partial charge >= 0.3 is 0 Å². The minimum absolute atomic E-state index is 0. The van der Waals surface area contributed by atoms with E-state index in [1.807, 2.05) is 0 Å². The van der Waals surface area contributed by atoms with E-state index >= 15 is 0 Å². The van der Waals surface area contributed by atoms with Crippen LogP contribution >= 0.6 is 12.4 Å². The molecule has 0 N–H and O–H groups in total. The van der Waals surface area contributed by atoms with Crippen LogP contribution in [0.25, 0.3) is 0 Å². The van der Waals surface area contributed by atoms with Crippen molar-refractivity contribution in [3.8, 4) is 0 Å². The smallest absolute Gasteiger partial charge is 0.00189 e. The van der Waals surface area contributed by atoms with Crippen molar-refractivity contribution in [2.75, 3.05) is 19.6 Å². The van der Waals surface area contributed by atoms with E-state index in [2.05, 4.69) is 25.7 Å². The topological polar surface area (TPSA) is 3.24 Å². The Morgan fingerprint density at radius 2 is 0.472 bits per heavy atom. The van der Waals surface area contributed by atoms with Crippen LogP contribution in [0.1, 0.15) is 201 Å². The van der Waals surface area contributed by atoms with Crippen LogP contribution in [0.4, 0.5) is 0 Å². The van der Waals surface area contributed by atoms with Crippen LogP contribution in [0.2, 0.25) is 0 Å². The first kappa shape index (κ1) is 38.4. The summed E-state index contributed by atoms with van der Waals surface area (Å²) in [5.41, 5.74) is 0. The largest absolute Gasteiger partial charge is 0.304 e. The molecule has 0 heterocycles. The second-order valence-corrected chi connectivity index (χ2v) is 11.6. The molecule has 0 bridgehead atoms. The summed E-state index contributed by atoms with van der Waals surface area (Å²) >= 11 is 0. The highest BCUT2D eigenvalue weighted by molar-refractivity contribution is 5.85. The quantitative estimate of drug-likeness (QED) is 0.0806. The Kier molecular flexibility index (Phi) is 37.6. The van der Waals surface area contributed by atoms with Gasteiger partial charge in [-0.3, -0.25) is 0 Å². The van der Waals surface area contributed by atoms with Gasteiger partial charge in [0.1, 0.15) is 0 Å². The molecule has 0 atom stereocenters. The molecule has 36 heavy (non-hydrogen) atoms. The highest BCUT2D eigenvalue weighted by Crippen LogP contribution is 2.15. The van der Waals surface area contributed by atoms with Gasteiger partial charge in [0.25, 0.3) is 0 Å². The van der Waals surface area contributed by atoms with E-state index in [1.54, 1.807) is 0 Å². The van der Waals surface area contributed by atoms with Gasteiger partial charge in [-0.1, -0.05) is 188 Å². The lowest BCUT2D eigenvalue weighted by atomic mass is 10.0. The molecule has 0 spiro atoms. The monoisotopic (exact) mass is 530 g/mol. The van der Waals surface area contributed by atoms with E-state index in [1.165, 1.54) is 199 Å². The van der Waals surface area contributed by atoms with Gasteiger partial charge in [0, 0.05) is 0 Å². The van der Waals surface area contributed by atoms with E-state index in [0.29, 0.717) is 0 Å². The minimum Gasteiger partial charge on any atom is -0.304 e. The van der Waals surface area contributed by atoms with Gasteiger partial charge in [-0.25, -0.2) is 0 Å². The number of unbranched alkanes of at least 4 members (excludes halogenated alkanes) is 26. The van der Waals surface area contributed by atoms with E-state index in [9.17, 15) is 0 Å². The van der Waals surface area contributed by atoms with E-state index in [4.69, 9.17) is 0 Å².